The molecule has 2 aromatic heterocycles. The number of urea groups is 1. The van der Waals surface area contributed by atoms with Crippen molar-refractivity contribution in [3.63, 3.8) is 0 Å². The Morgan fingerprint density at radius 3 is 2.81 bits per heavy atom. The quantitative estimate of drug-likeness (QED) is 0.645. The molecule has 4 amide bonds. The van der Waals surface area contributed by atoms with Crippen LogP contribution in [0.25, 0.3) is 11.5 Å². The lowest BCUT2D eigenvalue weighted by atomic mass is 9.94. The molecule has 3 N–H and O–H groups in total. The molecule has 1 aliphatic rings. The highest BCUT2D eigenvalue weighted by atomic mass is 16.3. The highest BCUT2D eigenvalue weighted by Gasteiger charge is 2.33. The van der Waals surface area contributed by atoms with E-state index in [2.05, 4.69) is 21.0 Å². The summed E-state index contributed by atoms with van der Waals surface area (Å²) in [7, 11) is 0. The summed E-state index contributed by atoms with van der Waals surface area (Å²) in [5.41, 5.74) is 0.205. The Morgan fingerprint density at radius 1 is 1.30 bits per heavy atom. The number of carbonyl (C=O) groups excluding carboxylic acids is 3. The molecular weight excluding hydrogens is 354 g/mol. The van der Waals surface area contributed by atoms with Crippen LogP contribution in [-0.2, 0) is 16.1 Å². The van der Waals surface area contributed by atoms with E-state index in [-0.39, 0.29) is 31.0 Å². The van der Waals surface area contributed by atoms with Crippen LogP contribution in [0, 0.1) is 5.92 Å². The van der Waals surface area contributed by atoms with Crippen LogP contribution in [-0.4, -0.2) is 40.2 Å². The van der Waals surface area contributed by atoms with Gasteiger partial charge in [-0.25, -0.2) is 9.48 Å². The third kappa shape index (κ3) is 4.40. The molecule has 2 aromatic rings. The molecule has 0 bridgehead atoms. The summed E-state index contributed by atoms with van der Waals surface area (Å²) in [6.07, 6.45) is 1.44. The third-order valence-electron chi connectivity index (χ3n) is 4.23. The van der Waals surface area contributed by atoms with E-state index in [4.69, 9.17) is 4.42 Å². The van der Waals surface area contributed by atoms with Gasteiger partial charge in [0.1, 0.15) is 5.69 Å². The number of hydrogen-bond donors (Lipinski definition) is 3. The maximum Gasteiger partial charge on any atom is 0.321 e. The van der Waals surface area contributed by atoms with E-state index >= 15 is 0 Å². The lowest BCUT2D eigenvalue weighted by Crippen LogP contribution is -2.57. The van der Waals surface area contributed by atoms with Crippen LogP contribution in [0.15, 0.2) is 39.7 Å². The number of nitrogens with zero attached hydrogens (tertiary/aromatic N) is 2. The highest BCUT2D eigenvalue weighted by molar-refractivity contribution is 6.00. The fraction of sp³-hybridized carbons (Fsp3) is 0.353. The van der Waals surface area contributed by atoms with Gasteiger partial charge in [-0.2, -0.15) is 5.10 Å². The standard InChI is InChI=1S/C17H19N5O5/c1-10-11(16(25)20-17(26)19-10)9-14(23)18-6-7-22-15(24)5-4-12(21-22)13-3-2-8-27-13/h2-5,8,10-11H,6-7,9H2,1H3,(H,18,23)(H2,19,20,25,26). The van der Waals surface area contributed by atoms with Crippen molar-refractivity contribution < 1.29 is 18.8 Å². The Hall–Kier alpha value is -3.43. The molecule has 0 aromatic carbocycles. The van der Waals surface area contributed by atoms with Crippen molar-refractivity contribution in [1.82, 2.24) is 25.7 Å². The summed E-state index contributed by atoms with van der Waals surface area (Å²) in [6, 6.07) is 5.39. The maximum absolute atomic E-state index is 12.1. The fourth-order valence-corrected chi connectivity index (χ4v) is 2.78. The van der Waals surface area contributed by atoms with Crippen LogP contribution in [0.1, 0.15) is 13.3 Å². The number of aromatic nitrogens is 2. The molecule has 10 nitrogen and oxygen atoms in total. The number of furan rings is 1. The van der Waals surface area contributed by atoms with Gasteiger partial charge in [-0.05, 0) is 25.1 Å². The lowest BCUT2D eigenvalue weighted by Gasteiger charge is -2.28. The smallest absolute Gasteiger partial charge is 0.321 e. The largest absolute Gasteiger partial charge is 0.463 e. The van der Waals surface area contributed by atoms with E-state index in [0.717, 1.165) is 0 Å². The van der Waals surface area contributed by atoms with Crippen LogP contribution < -0.4 is 21.5 Å². The first-order valence-electron chi connectivity index (χ1n) is 8.44. The second-order valence-corrected chi connectivity index (χ2v) is 6.17. The minimum absolute atomic E-state index is 0.0674. The summed E-state index contributed by atoms with van der Waals surface area (Å²) >= 11 is 0. The van der Waals surface area contributed by atoms with Crippen LogP contribution in [0.3, 0.4) is 0 Å². The first-order chi connectivity index (χ1) is 12.9. The molecule has 1 aliphatic heterocycles. The van der Waals surface area contributed by atoms with Crippen LogP contribution in [0.4, 0.5) is 4.79 Å². The number of amides is 4. The number of hydrogen-bond acceptors (Lipinski definition) is 6. The third-order valence-corrected chi connectivity index (χ3v) is 4.23. The zero-order valence-electron chi connectivity index (χ0n) is 14.6. The summed E-state index contributed by atoms with van der Waals surface area (Å²) in [4.78, 5) is 47.0. The van der Waals surface area contributed by atoms with E-state index in [0.29, 0.717) is 11.5 Å². The molecule has 0 radical (unpaired) electrons. The molecule has 2 atom stereocenters. The van der Waals surface area contributed by atoms with E-state index in [9.17, 15) is 19.2 Å². The second kappa shape index (κ2) is 7.85. The number of imide groups is 1. The highest BCUT2D eigenvalue weighted by Crippen LogP contribution is 2.15. The molecule has 3 heterocycles. The van der Waals surface area contributed by atoms with Gasteiger partial charge in [-0.1, -0.05) is 0 Å². The first kappa shape index (κ1) is 18.4. The van der Waals surface area contributed by atoms with E-state index in [1.165, 1.54) is 17.0 Å². The van der Waals surface area contributed by atoms with Crippen molar-refractivity contribution in [1.29, 1.82) is 0 Å². The molecule has 0 spiro atoms. The van der Waals surface area contributed by atoms with Gasteiger partial charge in [0.15, 0.2) is 5.76 Å². The Kier molecular flexibility index (Phi) is 5.34. The molecule has 2 unspecified atom stereocenters. The number of carbonyl (C=O) groups is 3. The Morgan fingerprint density at radius 2 is 2.11 bits per heavy atom. The van der Waals surface area contributed by atoms with Gasteiger partial charge in [-0.15, -0.1) is 0 Å². The zero-order chi connectivity index (χ0) is 19.4. The van der Waals surface area contributed by atoms with Crippen molar-refractivity contribution in [2.24, 2.45) is 5.92 Å². The van der Waals surface area contributed by atoms with Crippen LogP contribution in [0.5, 0.6) is 0 Å². The SMILES string of the molecule is CC1NC(=O)NC(=O)C1CC(=O)NCCn1nc(-c2ccco2)ccc1=O. The zero-order valence-corrected chi connectivity index (χ0v) is 14.6. The van der Waals surface area contributed by atoms with Gasteiger partial charge in [0.05, 0.1) is 18.7 Å². The van der Waals surface area contributed by atoms with E-state index < -0.39 is 23.9 Å². The second-order valence-electron chi connectivity index (χ2n) is 6.17. The average molecular weight is 373 g/mol. The first-order valence-corrected chi connectivity index (χ1v) is 8.44. The fourth-order valence-electron chi connectivity index (χ4n) is 2.78. The Balaban J connectivity index is 1.54. The molecular formula is C17H19N5O5. The van der Waals surface area contributed by atoms with Crippen molar-refractivity contribution in [3.8, 4) is 11.5 Å². The maximum atomic E-state index is 12.1. The average Bonchev–Trinajstić information content (AvgIpc) is 3.14. The van der Waals surface area contributed by atoms with E-state index in [1.807, 2.05) is 0 Å². The molecule has 0 saturated carbocycles. The van der Waals surface area contributed by atoms with Gasteiger partial charge < -0.3 is 15.1 Å². The van der Waals surface area contributed by atoms with Crippen LogP contribution >= 0.6 is 0 Å². The topological polar surface area (TPSA) is 135 Å². The van der Waals surface area contributed by atoms with Crippen molar-refractivity contribution >= 4 is 17.8 Å². The Bertz CT molecular complexity index is 905. The summed E-state index contributed by atoms with van der Waals surface area (Å²) in [5.74, 6) is -0.947. The monoisotopic (exact) mass is 373 g/mol. The predicted molar refractivity (Wildman–Crippen MR) is 93.5 cm³/mol. The summed E-state index contributed by atoms with van der Waals surface area (Å²) < 4.78 is 6.48. The van der Waals surface area contributed by atoms with Gasteiger partial charge in [0.2, 0.25) is 11.8 Å². The molecule has 1 saturated heterocycles. The minimum atomic E-state index is -0.647. The van der Waals surface area contributed by atoms with Crippen molar-refractivity contribution in [3.05, 3.63) is 40.9 Å². The minimum Gasteiger partial charge on any atom is -0.463 e. The summed E-state index contributed by atoms with van der Waals surface area (Å²) in [5, 5.41) is 11.6. The van der Waals surface area contributed by atoms with Crippen molar-refractivity contribution in [2.45, 2.75) is 25.9 Å². The van der Waals surface area contributed by atoms with Gasteiger partial charge in [0.25, 0.3) is 5.56 Å². The molecule has 1 fully saturated rings. The van der Waals surface area contributed by atoms with Gasteiger partial charge in [-0.3, -0.25) is 19.7 Å². The van der Waals surface area contributed by atoms with Crippen molar-refractivity contribution in [2.75, 3.05) is 6.54 Å². The van der Waals surface area contributed by atoms with E-state index in [1.54, 1.807) is 25.1 Å². The van der Waals surface area contributed by atoms with Gasteiger partial charge in [0, 0.05) is 25.1 Å². The molecule has 10 heteroatoms. The predicted octanol–water partition coefficient (Wildman–Crippen LogP) is -0.146. The lowest BCUT2D eigenvalue weighted by molar-refractivity contribution is -0.131. The normalized spacial score (nSPS) is 19.3. The van der Waals surface area contributed by atoms with Gasteiger partial charge >= 0.3 is 6.03 Å². The molecule has 142 valence electrons. The molecule has 27 heavy (non-hydrogen) atoms. The van der Waals surface area contributed by atoms with Crippen LogP contribution in [0.2, 0.25) is 0 Å². The number of nitrogens with one attached hydrogen (secondary N) is 3. The molecule has 3 rings (SSSR count). The number of rotatable bonds is 6. The molecule has 0 aliphatic carbocycles. The summed E-state index contributed by atoms with van der Waals surface area (Å²) in [6.45, 7) is 2.00. The Labute approximate surface area is 153 Å².